The fraction of sp³-hybridized carbons (Fsp3) is 0.346. The molecule has 1 aliphatic carbocycles. The summed E-state index contributed by atoms with van der Waals surface area (Å²) in [6.45, 7) is 0.485. The van der Waals surface area contributed by atoms with Crippen molar-refractivity contribution in [1.82, 2.24) is 9.78 Å². The van der Waals surface area contributed by atoms with Gasteiger partial charge in [-0.05, 0) is 55.2 Å². The van der Waals surface area contributed by atoms with E-state index >= 15 is 0 Å². The van der Waals surface area contributed by atoms with Crippen LogP contribution in [-0.2, 0) is 16.1 Å². The van der Waals surface area contributed by atoms with Gasteiger partial charge in [-0.2, -0.15) is 5.10 Å². The molecule has 4 rings (SSSR count). The first-order valence-electron chi connectivity index (χ1n) is 11.3. The highest BCUT2D eigenvalue weighted by Gasteiger charge is 2.24. The van der Waals surface area contributed by atoms with E-state index in [1.54, 1.807) is 12.1 Å². The fourth-order valence-electron chi connectivity index (χ4n) is 4.48. The highest BCUT2D eigenvalue weighted by molar-refractivity contribution is 5.80. The molecule has 0 atom stereocenters. The van der Waals surface area contributed by atoms with E-state index in [0.29, 0.717) is 24.3 Å². The number of aliphatic carboxylic acids is 1. The number of rotatable bonds is 8. The number of benzene rings is 2. The highest BCUT2D eigenvalue weighted by Crippen LogP contribution is 2.33. The maximum absolute atomic E-state index is 14.7. The molecular weight excluding hydrogens is 442 g/mol. The van der Waals surface area contributed by atoms with Gasteiger partial charge in [-0.25, -0.2) is 18.3 Å². The zero-order valence-corrected chi connectivity index (χ0v) is 18.6. The van der Waals surface area contributed by atoms with Gasteiger partial charge >= 0.3 is 5.97 Å². The second-order valence-electron chi connectivity index (χ2n) is 8.69. The average molecular weight is 469 g/mol. The van der Waals surface area contributed by atoms with Gasteiger partial charge < -0.3 is 9.84 Å². The maximum atomic E-state index is 14.7. The molecule has 34 heavy (non-hydrogen) atoms. The predicted octanol–water partition coefficient (Wildman–Crippen LogP) is 4.76. The van der Waals surface area contributed by atoms with E-state index in [9.17, 15) is 18.4 Å². The van der Waals surface area contributed by atoms with Gasteiger partial charge in [-0.15, -0.1) is 0 Å². The van der Waals surface area contributed by atoms with Crippen molar-refractivity contribution in [2.45, 2.75) is 32.2 Å². The number of hydrogen-bond donors (Lipinski definition) is 1. The predicted molar refractivity (Wildman–Crippen MR) is 123 cm³/mol. The monoisotopic (exact) mass is 468 g/mol. The summed E-state index contributed by atoms with van der Waals surface area (Å²) in [4.78, 5) is 23.6. The summed E-state index contributed by atoms with van der Waals surface area (Å²) in [5, 5.41) is 13.2. The minimum absolute atomic E-state index is 0.00638. The van der Waals surface area contributed by atoms with E-state index in [1.807, 2.05) is 18.2 Å². The molecule has 0 radical (unpaired) electrons. The lowest BCUT2D eigenvalue weighted by Crippen LogP contribution is -2.29. The van der Waals surface area contributed by atoms with Crippen molar-refractivity contribution in [2.75, 3.05) is 13.2 Å². The average Bonchev–Trinajstić information content (AvgIpc) is 2.83. The fourth-order valence-corrected chi connectivity index (χ4v) is 4.48. The lowest BCUT2D eigenvalue weighted by molar-refractivity contribution is -0.142. The van der Waals surface area contributed by atoms with Gasteiger partial charge in [0.25, 0.3) is 5.56 Å². The molecule has 0 bridgehead atoms. The van der Waals surface area contributed by atoms with Crippen LogP contribution in [0.1, 0.15) is 25.7 Å². The Hall–Kier alpha value is -3.39. The smallest absolute Gasteiger partial charge is 0.329 e. The third-order valence-corrected chi connectivity index (χ3v) is 6.27. The summed E-state index contributed by atoms with van der Waals surface area (Å²) in [6.07, 6.45) is 3.43. The Morgan fingerprint density at radius 3 is 2.41 bits per heavy atom. The third kappa shape index (κ3) is 5.56. The van der Waals surface area contributed by atoms with E-state index in [4.69, 9.17) is 9.84 Å². The molecule has 1 N–H and O–H groups in total. The van der Waals surface area contributed by atoms with Crippen LogP contribution in [0, 0.1) is 23.5 Å². The normalized spacial score (nSPS) is 18.1. The lowest BCUT2D eigenvalue weighted by atomic mass is 9.82. The number of carbonyl (C=O) groups is 1. The van der Waals surface area contributed by atoms with Crippen molar-refractivity contribution in [3.05, 3.63) is 76.6 Å². The molecule has 6 nitrogen and oxygen atoms in total. The van der Waals surface area contributed by atoms with Crippen LogP contribution in [0.2, 0.25) is 0 Å². The van der Waals surface area contributed by atoms with Crippen LogP contribution in [0.4, 0.5) is 8.78 Å². The van der Waals surface area contributed by atoms with Crippen molar-refractivity contribution in [3.63, 3.8) is 0 Å². The summed E-state index contributed by atoms with van der Waals surface area (Å²) in [7, 11) is 0. The van der Waals surface area contributed by atoms with Crippen molar-refractivity contribution < 1.29 is 23.4 Å². The zero-order valence-electron chi connectivity index (χ0n) is 18.6. The molecule has 0 saturated heterocycles. The van der Waals surface area contributed by atoms with Crippen molar-refractivity contribution in [3.8, 4) is 22.4 Å². The van der Waals surface area contributed by atoms with Crippen LogP contribution in [0.3, 0.4) is 0 Å². The van der Waals surface area contributed by atoms with Gasteiger partial charge in [0.05, 0.1) is 6.61 Å². The molecule has 1 fully saturated rings. The summed E-state index contributed by atoms with van der Waals surface area (Å²) >= 11 is 0. The summed E-state index contributed by atoms with van der Waals surface area (Å²) in [5.74, 6) is -2.46. The summed E-state index contributed by atoms with van der Waals surface area (Å²) in [5.41, 5.74) is 1.07. The second kappa shape index (κ2) is 10.7. The van der Waals surface area contributed by atoms with Crippen LogP contribution in [0.15, 0.2) is 59.4 Å². The largest absolute Gasteiger partial charge is 0.480 e. The molecule has 1 aromatic heterocycles. The zero-order chi connectivity index (χ0) is 24.1. The van der Waals surface area contributed by atoms with E-state index in [2.05, 4.69) is 5.10 Å². The molecule has 2 aromatic carbocycles. The van der Waals surface area contributed by atoms with E-state index in [1.165, 1.54) is 22.9 Å². The SMILES string of the molecule is O=C(O)COC[C@H]1CC[C@H](Cn2nc(-c3cccc(F)c3F)c(-c3ccccc3)cc2=O)CC1. The third-order valence-electron chi connectivity index (χ3n) is 6.27. The minimum atomic E-state index is -1.00. The molecule has 1 aliphatic rings. The lowest BCUT2D eigenvalue weighted by Gasteiger charge is -2.28. The van der Waals surface area contributed by atoms with Gasteiger partial charge in [-0.1, -0.05) is 36.4 Å². The number of carboxylic acids is 1. The van der Waals surface area contributed by atoms with Crippen molar-refractivity contribution in [1.29, 1.82) is 0 Å². The molecule has 3 aromatic rings. The number of ether oxygens (including phenoxy) is 1. The maximum Gasteiger partial charge on any atom is 0.329 e. The van der Waals surface area contributed by atoms with E-state index < -0.39 is 17.6 Å². The molecule has 0 aliphatic heterocycles. The van der Waals surface area contributed by atoms with E-state index in [-0.39, 0.29) is 35.3 Å². The highest BCUT2D eigenvalue weighted by atomic mass is 19.2. The molecule has 1 heterocycles. The summed E-state index contributed by atoms with van der Waals surface area (Å²) < 4.78 is 35.3. The van der Waals surface area contributed by atoms with Crippen LogP contribution < -0.4 is 5.56 Å². The Morgan fingerprint density at radius 1 is 1.00 bits per heavy atom. The van der Waals surface area contributed by atoms with Gasteiger partial charge in [0.1, 0.15) is 12.3 Å². The Kier molecular flexibility index (Phi) is 7.47. The molecule has 1 saturated carbocycles. The first-order valence-corrected chi connectivity index (χ1v) is 11.3. The Balaban J connectivity index is 1.58. The Morgan fingerprint density at radius 2 is 1.71 bits per heavy atom. The first kappa shape index (κ1) is 23.8. The van der Waals surface area contributed by atoms with Crippen LogP contribution in [0.25, 0.3) is 22.4 Å². The van der Waals surface area contributed by atoms with Crippen LogP contribution in [-0.4, -0.2) is 34.1 Å². The molecule has 8 heteroatoms. The number of aromatic nitrogens is 2. The van der Waals surface area contributed by atoms with Crippen LogP contribution >= 0.6 is 0 Å². The van der Waals surface area contributed by atoms with Gasteiger partial charge in [0.2, 0.25) is 0 Å². The van der Waals surface area contributed by atoms with E-state index in [0.717, 1.165) is 31.7 Å². The Bertz CT molecular complexity index is 1210. The standard InChI is InChI=1S/C26H26F2N2O4/c27-22-8-4-7-20(25(22)28)26-21(19-5-2-1-3-6-19)13-23(31)30(29-26)14-17-9-11-18(12-10-17)15-34-16-24(32)33/h1-8,13,17-18H,9-12,14-16H2,(H,32,33)/t17-,18-. The molecule has 0 amide bonds. The summed E-state index contributed by atoms with van der Waals surface area (Å²) in [6, 6.07) is 14.4. The Labute approximate surface area is 195 Å². The van der Waals surface area contributed by atoms with Gasteiger partial charge in [0.15, 0.2) is 11.6 Å². The number of nitrogens with zero attached hydrogens (tertiary/aromatic N) is 2. The number of carboxylic acid groups (broad SMARTS) is 1. The van der Waals surface area contributed by atoms with Gasteiger partial charge in [0, 0.05) is 23.7 Å². The van der Waals surface area contributed by atoms with Crippen molar-refractivity contribution in [2.24, 2.45) is 11.8 Å². The number of halogens is 2. The molecule has 0 spiro atoms. The molecule has 0 unspecified atom stereocenters. The second-order valence-corrected chi connectivity index (χ2v) is 8.69. The van der Waals surface area contributed by atoms with Crippen molar-refractivity contribution >= 4 is 5.97 Å². The molecule has 178 valence electrons. The minimum Gasteiger partial charge on any atom is -0.480 e. The van der Waals surface area contributed by atoms with Crippen LogP contribution in [0.5, 0.6) is 0 Å². The quantitative estimate of drug-likeness (QED) is 0.515. The topological polar surface area (TPSA) is 81.4 Å². The first-order chi connectivity index (χ1) is 16.4. The molecular formula is C26H26F2N2O4. The number of hydrogen-bond acceptors (Lipinski definition) is 4. The van der Waals surface area contributed by atoms with Gasteiger partial charge in [-0.3, -0.25) is 4.79 Å².